The van der Waals surface area contributed by atoms with E-state index in [0.29, 0.717) is 23.5 Å². The van der Waals surface area contributed by atoms with Gasteiger partial charge in [-0.05, 0) is 69.6 Å². The molecule has 1 saturated carbocycles. The van der Waals surface area contributed by atoms with Crippen LogP contribution in [0.5, 0.6) is 0 Å². The molecule has 1 amide bonds. The van der Waals surface area contributed by atoms with Crippen LogP contribution in [0.2, 0.25) is 0 Å². The number of aromatic nitrogens is 2. The highest BCUT2D eigenvalue weighted by atomic mass is 32.1. The second-order valence-electron chi connectivity index (χ2n) is 9.79. The molecule has 5 rings (SSSR count). The van der Waals surface area contributed by atoms with Crippen LogP contribution in [-0.2, 0) is 23.2 Å². The summed E-state index contributed by atoms with van der Waals surface area (Å²) < 4.78 is 6.49. The molecule has 6 nitrogen and oxygen atoms in total. The molecule has 3 aliphatic rings. The lowest BCUT2D eigenvalue weighted by Gasteiger charge is -2.49. The number of carbonyl (C=O) groups is 1. The van der Waals surface area contributed by atoms with Crippen molar-refractivity contribution in [1.29, 1.82) is 0 Å². The monoisotopic (exact) mass is 454 g/mol. The van der Waals surface area contributed by atoms with Gasteiger partial charge in [0, 0.05) is 47.5 Å². The lowest BCUT2D eigenvalue weighted by atomic mass is 9.76. The number of nitrogens with one attached hydrogen (secondary N) is 1. The number of amides is 1. The summed E-state index contributed by atoms with van der Waals surface area (Å²) in [4.78, 5) is 26.4. The number of likely N-dealkylation sites (tertiary alicyclic amines) is 1. The second kappa shape index (κ2) is 8.84. The van der Waals surface area contributed by atoms with Crippen LogP contribution in [0.4, 0.5) is 0 Å². The van der Waals surface area contributed by atoms with E-state index in [-0.39, 0.29) is 17.6 Å². The third-order valence-electron chi connectivity index (χ3n) is 7.53. The van der Waals surface area contributed by atoms with Crippen LogP contribution in [0.25, 0.3) is 0 Å². The van der Waals surface area contributed by atoms with Crippen LogP contribution in [0.1, 0.15) is 71.2 Å². The zero-order chi connectivity index (χ0) is 22.3. The van der Waals surface area contributed by atoms with Gasteiger partial charge in [0.25, 0.3) is 5.91 Å². The van der Waals surface area contributed by atoms with Gasteiger partial charge in [-0.1, -0.05) is 6.92 Å². The average molecular weight is 455 g/mol. The Hall–Kier alpha value is -1.83. The maximum Gasteiger partial charge on any atom is 0.270 e. The number of nitrogens with zero attached hydrogens (tertiary/aromatic N) is 3. The van der Waals surface area contributed by atoms with Gasteiger partial charge in [0.1, 0.15) is 11.5 Å². The van der Waals surface area contributed by atoms with Gasteiger partial charge >= 0.3 is 0 Å². The zero-order valence-corrected chi connectivity index (χ0v) is 20.2. The van der Waals surface area contributed by atoms with E-state index in [9.17, 15) is 4.79 Å². The minimum atomic E-state index is -0.0836. The summed E-state index contributed by atoms with van der Waals surface area (Å²) in [5, 5.41) is 3.14. The van der Waals surface area contributed by atoms with Gasteiger partial charge in [0.15, 0.2) is 0 Å². The van der Waals surface area contributed by atoms with Crippen molar-refractivity contribution in [3.8, 4) is 0 Å². The predicted molar refractivity (Wildman–Crippen MR) is 126 cm³/mol. The number of hydrogen-bond donors (Lipinski definition) is 1. The summed E-state index contributed by atoms with van der Waals surface area (Å²) in [5.74, 6) is 1.20. The fourth-order valence-electron chi connectivity index (χ4n) is 5.72. The first-order chi connectivity index (χ1) is 15.5. The quantitative estimate of drug-likeness (QED) is 0.743. The van der Waals surface area contributed by atoms with Crippen molar-refractivity contribution in [2.24, 2.45) is 5.92 Å². The number of fused-ring (bicyclic) bond motifs is 2. The van der Waals surface area contributed by atoms with E-state index in [4.69, 9.17) is 4.74 Å². The van der Waals surface area contributed by atoms with Gasteiger partial charge in [-0.3, -0.25) is 4.79 Å². The Morgan fingerprint density at radius 1 is 1.41 bits per heavy atom. The molecule has 0 bridgehead atoms. The molecule has 2 aromatic heterocycles. The van der Waals surface area contributed by atoms with Gasteiger partial charge in [0.05, 0.1) is 12.2 Å². The predicted octanol–water partition coefficient (Wildman–Crippen LogP) is 3.87. The molecule has 1 spiro atoms. The number of hydrogen-bond acceptors (Lipinski definition) is 6. The summed E-state index contributed by atoms with van der Waals surface area (Å²) in [6.45, 7) is 9.48. The molecule has 0 radical (unpaired) electrons. The van der Waals surface area contributed by atoms with Crippen LogP contribution in [0.15, 0.2) is 18.3 Å². The molecule has 0 aromatic carbocycles. The minimum absolute atomic E-state index is 0.0702. The SMILES string of the molecule is CCc1cc2c(s1)CCO[C@@]21CCN(CC2CC(NC(=O)c3ccnc(C)n3)C2)[C@@H](C)C1. The molecule has 2 atom stereocenters. The Kier molecular flexibility index (Phi) is 6.07. The highest BCUT2D eigenvalue weighted by Crippen LogP contribution is 2.46. The Morgan fingerprint density at radius 2 is 2.25 bits per heavy atom. The summed E-state index contributed by atoms with van der Waals surface area (Å²) in [7, 11) is 0. The molecule has 7 heteroatoms. The first kappa shape index (κ1) is 22.0. The summed E-state index contributed by atoms with van der Waals surface area (Å²) in [6.07, 6.45) is 8.10. The molecule has 2 aliphatic heterocycles. The smallest absolute Gasteiger partial charge is 0.270 e. The van der Waals surface area contributed by atoms with E-state index in [1.807, 2.05) is 11.3 Å². The molecule has 2 aromatic rings. The number of thiophene rings is 1. The van der Waals surface area contributed by atoms with Gasteiger partial charge < -0.3 is 15.0 Å². The zero-order valence-electron chi connectivity index (χ0n) is 19.4. The molecule has 1 saturated heterocycles. The lowest BCUT2D eigenvalue weighted by molar-refractivity contribution is -0.114. The average Bonchev–Trinajstić information content (AvgIpc) is 3.19. The molecule has 1 aliphatic carbocycles. The van der Waals surface area contributed by atoms with Crippen LogP contribution in [-0.4, -0.2) is 52.6 Å². The van der Waals surface area contributed by atoms with E-state index >= 15 is 0 Å². The molecule has 172 valence electrons. The first-order valence-corrected chi connectivity index (χ1v) is 12.9. The Bertz CT molecular complexity index is 986. The van der Waals surface area contributed by atoms with Crippen LogP contribution in [0.3, 0.4) is 0 Å². The lowest BCUT2D eigenvalue weighted by Crippen LogP contribution is -2.54. The van der Waals surface area contributed by atoms with E-state index in [1.54, 1.807) is 24.1 Å². The van der Waals surface area contributed by atoms with Crippen molar-refractivity contribution >= 4 is 17.2 Å². The van der Waals surface area contributed by atoms with Gasteiger partial charge in [-0.15, -0.1) is 11.3 Å². The Balaban J connectivity index is 1.13. The third-order valence-corrected chi connectivity index (χ3v) is 8.87. The standard InChI is InChI=1S/C25H34N4O2S/c1-4-20-13-21-23(32-20)6-10-31-25(21)7-9-29(16(2)14-25)15-18-11-19(12-18)28-24(30)22-5-8-26-17(3)27-22/h5,8,13,16,18-19H,4,6-7,9-12,14-15H2,1-3H3,(H,28,30)/t16-,18?,19?,25+/m0/s1. The van der Waals surface area contributed by atoms with Crippen molar-refractivity contribution in [1.82, 2.24) is 20.2 Å². The Morgan fingerprint density at radius 3 is 3.00 bits per heavy atom. The fourth-order valence-corrected chi connectivity index (χ4v) is 6.90. The van der Waals surface area contributed by atoms with E-state index < -0.39 is 0 Å². The number of piperidine rings is 1. The number of rotatable bonds is 5. The molecule has 0 unspecified atom stereocenters. The van der Waals surface area contributed by atoms with Gasteiger partial charge in [-0.2, -0.15) is 0 Å². The first-order valence-electron chi connectivity index (χ1n) is 12.1. The molecule has 4 heterocycles. The molecule has 2 fully saturated rings. The summed E-state index contributed by atoms with van der Waals surface area (Å²) in [5.41, 5.74) is 1.88. The molecule has 32 heavy (non-hydrogen) atoms. The maximum absolute atomic E-state index is 12.4. The Labute approximate surface area is 194 Å². The summed E-state index contributed by atoms with van der Waals surface area (Å²) >= 11 is 2.00. The fraction of sp³-hybridized carbons (Fsp3) is 0.640. The molecule has 1 N–H and O–H groups in total. The van der Waals surface area contributed by atoms with Crippen LogP contribution >= 0.6 is 11.3 Å². The number of aryl methyl sites for hydroxylation is 2. The van der Waals surface area contributed by atoms with Crippen molar-refractivity contribution < 1.29 is 9.53 Å². The molecular weight excluding hydrogens is 420 g/mol. The second-order valence-corrected chi connectivity index (χ2v) is 11.0. The summed E-state index contributed by atoms with van der Waals surface area (Å²) in [6, 6.07) is 4.88. The van der Waals surface area contributed by atoms with Crippen LogP contribution in [0, 0.1) is 12.8 Å². The minimum Gasteiger partial charge on any atom is -0.370 e. The highest BCUT2D eigenvalue weighted by molar-refractivity contribution is 7.12. The maximum atomic E-state index is 12.4. The number of carbonyl (C=O) groups excluding carboxylic acids is 1. The molecular formula is C25H34N4O2S. The number of ether oxygens (including phenoxy) is 1. The van der Waals surface area contributed by atoms with Gasteiger partial charge in [0.2, 0.25) is 0 Å². The highest BCUT2D eigenvalue weighted by Gasteiger charge is 2.45. The van der Waals surface area contributed by atoms with Crippen molar-refractivity contribution in [3.63, 3.8) is 0 Å². The largest absolute Gasteiger partial charge is 0.370 e. The van der Waals surface area contributed by atoms with E-state index in [2.05, 4.69) is 40.1 Å². The third kappa shape index (κ3) is 4.22. The van der Waals surface area contributed by atoms with Crippen LogP contribution < -0.4 is 5.32 Å². The van der Waals surface area contributed by atoms with Gasteiger partial charge in [-0.25, -0.2) is 9.97 Å². The van der Waals surface area contributed by atoms with E-state index in [0.717, 1.165) is 58.2 Å². The van der Waals surface area contributed by atoms with Crippen molar-refractivity contribution in [2.45, 2.75) is 77.0 Å². The normalized spacial score (nSPS) is 30.0. The topological polar surface area (TPSA) is 67.3 Å². The van der Waals surface area contributed by atoms with Crippen molar-refractivity contribution in [2.75, 3.05) is 19.7 Å². The van der Waals surface area contributed by atoms with E-state index in [1.165, 1.54) is 10.4 Å². The van der Waals surface area contributed by atoms with Crippen molar-refractivity contribution in [3.05, 3.63) is 45.2 Å².